The standard InChI is InChI=1S/C52H61BN2/c1-49(2,3)36-26-37(50(4,5)6)29-40(28-36)54-44-20-15-21-45-48(44)53(42-22-32-16-13-18-34(32)24-46(42)54)43-23-33-17-14-19-35(33)25-47(43)55(45)41-30-38(51(7,8)9)27-39(31-41)52(10,11)12/h15,20-31H,13-14,16-19H2,1-12H3. The minimum absolute atomic E-state index is 0.0180. The Kier molecular flexibility index (Phi) is 8.03. The summed E-state index contributed by atoms with van der Waals surface area (Å²) in [5, 5.41) is 0. The van der Waals surface area contributed by atoms with Crippen molar-refractivity contribution in [2.45, 2.75) is 143 Å². The highest BCUT2D eigenvalue weighted by atomic mass is 15.2. The first-order valence-corrected chi connectivity index (χ1v) is 21.1. The topological polar surface area (TPSA) is 6.48 Å². The average Bonchev–Trinajstić information content (AvgIpc) is 3.77. The predicted molar refractivity (Wildman–Crippen MR) is 239 cm³/mol. The molecule has 5 aromatic carbocycles. The van der Waals surface area contributed by atoms with E-state index in [1.165, 1.54) is 122 Å². The van der Waals surface area contributed by atoms with Gasteiger partial charge in [-0.1, -0.05) is 113 Å². The molecule has 0 N–H and O–H groups in total. The van der Waals surface area contributed by atoms with Gasteiger partial charge >= 0.3 is 0 Å². The third-order valence-electron chi connectivity index (χ3n) is 13.2. The van der Waals surface area contributed by atoms with Crippen molar-refractivity contribution in [2.75, 3.05) is 9.80 Å². The van der Waals surface area contributed by atoms with Gasteiger partial charge < -0.3 is 9.80 Å². The molecule has 0 saturated heterocycles. The van der Waals surface area contributed by atoms with Crippen molar-refractivity contribution in [3.8, 4) is 0 Å². The molecule has 0 amide bonds. The second kappa shape index (κ2) is 12.1. The zero-order chi connectivity index (χ0) is 39.0. The number of fused-ring (bicyclic) bond motifs is 6. The van der Waals surface area contributed by atoms with Crippen molar-refractivity contribution < 1.29 is 0 Å². The maximum atomic E-state index is 2.66. The SMILES string of the molecule is CC(C)(C)c1cc(N2c3cc4c(cc3B3c5cc6c(cc5N(c5cc(C(C)(C)C)cc(C(C)(C)C)c5)c5cccc2c53)CCC6)CCC4)cc(C(C)(C)C)c1. The van der Waals surface area contributed by atoms with Gasteiger partial charge in [0.05, 0.1) is 0 Å². The van der Waals surface area contributed by atoms with Crippen LogP contribution in [0, 0.1) is 0 Å². The average molecular weight is 725 g/mol. The molecule has 0 fully saturated rings. The molecular formula is C52H61BN2. The normalized spacial score (nSPS) is 16.2. The molecule has 2 nitrogen and oxygen atoms in total. The van der Waals surface area contributed by atoms with Gasteiger partial charge in [-0.3, -0.25) is 0 Å². The van der Waals surface area contributed by atoms with Crippen LogP contribution in [0.5, 0.6) is 0 Å². The van der Waals surface area contributed by atoms with Crippen molar-refractivity contribution >= 4 is 57.2 Å². The van der Waals surface area contributed by atoms with E-state index in [9.17, 15) is 0 Å². The molecule has 0 atom stereocenters. The molecule has 0 radical (unpaired) electrons. The van der Waals surface area contributed by atoms with Crippen LogP contribution in [0.3, 0.4) is 0 Å². The Balaban J connectivity index is 1.38. The van der Waals surface area contributed by atoms with Gasteiger partial charge in [0, 0.05) is 34.1 Å². The van der Waals surface area contributed by atoms with Crippen molar-refractivity contribution in [3.63, 3.8) is 0 Å². The highest BCUT2D eigenvalue weighted by Gasteiger charge is 2.45. The van der Waals surface area contributed by atoms with Crippen LogP contribution in [0.4, 0.5) is 34.1 Å². The van der Waals surface area contributed by atoms with Gasteiger partial charge in [0.1, 0.15) is 0 Å². The predicted octanol–water partition coefficient (Wildman–Crippen LogP) is 11.9. The van der Waals surface area contributed by atoms with E-state index in [4.69, 9.17) is 0 Å². The lowest BCUT2D eigenvalue weighted by Gasteiger charge is -2.45. The van der Waals surface area contributed by atoms with Gasteiger partial charge in [-0.15, -0.1) is 0 Å². The first kappa shape index (κ1) is 36.4. The van der Waals surface area contributed by atoms with Gasteiger partial charge in [-0.05, 0) is 170 Å². The monoisotopic (exact) mass is 724 g/mol. The summed E-state index contributed by atoms with van der Waals surface area (Å²) in [5.74, 6) is 0. The molecule has 2 heterocycles. The fourth-order valence-electron chi connectivity index (χ4n) is 9.84. The lowest BCUT2D eigenvalue weighted by molar-refractivity contribution is 0.568. The first-order chi connectivity index (χ1) is 25.8. The van der Waals surface area contributed by atoms with E-state index < -0.39 is 0 Å². The Morgan fingerprint density at radius 3 is 1.05 bits per heavy atom. The molecule has 9 rings (SSSR count). The Morgan fingerprint density at radius 1 is 0.400 bits per heavy atom. The van der Waals surface area contributed by atoms with Crippen molar-refractivity contribution in [1.82, 2.24) is 0 Å². The number of rotatable bonds is 2. The van der Waals surface area contributed by atoms with Crippen molar-refractivity contribution in [1.29, 1.82) is 0 Å². The number of aryl methyl sites for hydroxylation is 4. The zero-order valence-corrected chi connectivity index (χ0v) is 35.7. The lowest BCUT2D eigenvalue weighted by Crippen LogP contribution is -2.61. The highest BCUT2D eigenvalue weighted by molar-refractivity contribution is 7.00. The molecule has 0 saturated carbocycles. The van der Waals surface area contributed by atoms with Gasteiger partial charge in [0.25, 0.3) is 6.71 Å². The van der Waals surface area contributed by atoms with Crippen LogP contribution in [-0.2, 0) is 47.3 Å². The summed E-state index contributed by atoms with van der Waals surface area (Å²) in [4.78, 5) is 5.33. The molecule has 0 aromatic heterocycles. The third kappa shape index (κ3) is 5.98. The van der Waals surface area contributed by atoms with Gasteiger partial charge in [0.2, 0.25) is 0 Å². The minimum Gasteiger partial charge on any atom is -0.311 e. The largest absolute Gasteiger partial charge is 0.311 e. The zero-order valence-electron chi connectivity index (χ0n) is 35.7. The Labute approximate surface area is 332 Å². The van der Waals surface area contributed by atoms with Crippen molar-refractivity contribution in [2.24, 2.45) is 0 Å². The molecule has 4 aliphatic rings. The summed E-state index contributed by atoms with van der Waals surface area (Å²) in [6, 6.07) is 32.6. The Hall–Kier alpha value is -4.24. The van der Waals surface area contributed by atoms with E-state index in [0.29, 0.717) is 0 Å². The molecule has 0 spiro atoms. The van der Waals surface area contributed by atoms with E-state index in [0.717, 1.165) is 0 Å². The van der Waals surface area contributed by atoms with Gasteiger partial charge in [-0.25, -0.2) is 0 Å². The fourth-order valence-corrected chi connectivity index (χ4v) is 9.84. The van der Waals surface area contributed by atoms with Crippen LogP contribution in [0.25, 0.3) is 0 Å². The Morgan fingerprint density at radius 2 is 0.727 bits per heavy atom. The molecule has 5 aromatic rings. The van der Waals surface area contributed by atoms with Crippen molar-refractivity contribution in [3.05, 3.63) is 123 Å². The number of nitrogens with zero attached hydrogens (tertiary/aromatic N) is 2. The Bertz CT molecular complexity index is 2160. The number of hydrogen-bond acceptors (Lipinski definition) is 2. The quantitative estimate of drug-likeness (QED) is 0.164. The summed E-state index contributed by atoms with van der Waals surface area (Å²) >= 11 is 0. The van der Waals surface area contributed by atoms with E-state index in [1.54, 1.807) is 11.1 Å². The number of anilines is 6. The van der Waals surface area contributed by atoms with E-state index in [-0.39, 0.29) is 28.4 Å². The molecule has 55 heavy (non-hydrogen) atoms. The van der Waals surface area contributed by atoms with Gasteiger partial charge in [0.15, 0.2) is 0 Å². The molecule has 2 aliphatic carbocycles. The smallest absolute Gasteiger partial charge is 0.252 e. The van der Waals surface area contributed by atoms with Crippen LogP contribution < -0.4 is 26.2 Å². The molecule has 282 valence electrons. The maximum Gasteiger partial charge on any atom is 0.252 e. The molecule has 2 aliphatic heterocycles. The van der Waals surface area contributed by atoms with Gasteiger partial charge in [-0.2, -0.15) is 0 Å². The summed E-state index contributed by atoms with van der Waals surface area (Å²) in [6.45, 7) is 28.5. The third-order valence-corrected chi connectivity index (χ3v) is 13.2. The lowest BCUT2D eigenvalue weighted by atomic mass is 9.33. The van der Waals surface area contributed by atoms with E-state index in [2.05, 4.69) is 172 Å². The summed E-state index contributed by atoms with van der Waals surface area (Å²) < 4.78 is 0. The fraction of sp³-hybridized carbons (Fsp3) is 0.423. The van der Waals surface area contributed by atoms with Crippen LogP contribution in [0.2, 0.25) is 0 Å². The van der Waals surface area contributed by atoms with Crippen LogP contribution in [-0.4, -0.2) is 6.71 Å². The number of benzene rings is 5. The van der Waals surface area contributed by atoms with E-state index in [1.807, 2.05) is 0 Å². The summed E-state index contributed by atoms with van der Waals surface area (Å²) in [7, 11) is 0. The number of hydrogen-bond donors (Lipinski definition) is 0. The second-order valence-electron chi connectivity index (χ2n) is 21.4. The summed E-state index contributed by atoms with van der Waals surface area (Å²) in [6.07, 6.45) is 7.17. The van der Waals surface area contributed by atoms with Crippen LogP contribution in [0.15, 0.2) is 78.9 Å². The highest BCUT2D eigenvalue weighted by Crippen LogP contribution is 2.48. The first-order valence-electron chi connectivity index (χ1n) is 21.1. The molecule has 0 unspecified atom stereocenters. The second-order valence-corrected chi connectivity index (χ2v) is 21.4. The van der Waals surface area contributed by atoms with Crippen LogP contribution >= 0.6 is 0 Å². The molecule has 3 heteroatoms. The minimum atomic E-state index is 0.0180. The maximum absolute atomic E-state index is 2.66. The van der Waals surface area contributed by atoms with E-state index >= 15 is 0 Å². The van der Waals surface area contributed by atoms with Crippen LogP contribution in [0.1, 0.15) is 140 Å². The molecular weight excluding hydrogens is 663 g/mol. The summed E-state index contributed by atoms with van der Waals surface area (Å²) in [5.41, 5.74) is 24.1. The molecule has 0 bridgehead atoms.